The van der Waals surface area contributed by atoms with Crippen LogP contribution in [0.1, 0.15) is 0 Å². The van der Waals surface area contributed by atoms with Crippen molar-refractivity contribution in [1.29, 1.82) is 0 Å². The van der Waals surface area contributed by atoms with Gasteiger partial charge in [-0.25, -0.2) is 9.59 Å². The van der Waals surface area contributed by atoms with Crippen LogP contribution in [0, 0.1) is 0 Å². The summed E-state index contributed by atoms with van der Waals surface area (Å²) in [5, 5.41) is 0. The van der Waals surface area contributed by atoms with Crippen molar-refractivity contribution in [2.24, 2.45) is 0 Å². The fraction of sp³-hybridized carbons (Fsp3) is 0. The van der Waals surface area contributed by atoms with Gasteiger partial charge in [-0.3, -0.25) is 0 Å². The molecule has 0 bridgehead atoms. The van der Waals surface area contributed by atoms with Crippen LogP contribution >= 0.6 is 45.2 Å². The van der Waals surface area contributed by atoms with Crippen LogP contribution in [0.3, 0.4) is 0 Å². The van der Waals surface area contributed by atoms with Gasteiger partial charge in [-0.2, -0.15) is 0 Å². The van der Waals surface area contributed by atoms with E-state index in [1.54, 1.807) is 0 Å². The Morgan fingerprint density at radius 1 is 1.14 bits per heavy atom. The zero-order valence-electron chi connectivity index (χ0n) is 2.98. The number of carbonyl (C=O) groups is 2. The van der Waals surface area contributed by atoms with E-state index in [0.717, 1.165) is 0 Å². The van der Waals surface area contributed by atoms with Crippen molar-refractivity contribution >= 4 is 53.1 Å². The first kappa shape index (κ1) is 7.60. The molecule has 7 heavy (non-hydrogen) atoms. The lowest BCUT2D eigenvalue weighted by Gasteiger charge is -1.84. The van der Waals surface area contributed by atoms with Gasteiger partial charge in [0.1, 0.15) is 0 Å². The molecule has 0 aromatic heterocycles. The van der Waals surface area contributed by atoms with E-state index < -0.39 is 7.95 Å². The lowest BCUT2D eigenvalue weighted by molar-refractivity contribution is 0.191. The van der Waals surface area contributed by atoms with Gasteiger partial charge in [0, 0.05) is 0 Å². The number of halogens is 2. The van der Waals surface area contributed by atoms with Crippen LogP contribution < -0.4 is 0 Å². The second kappa shape index (κ2) is 3.58. The number of hydrogen-bond acceptors (Lipinski definition) is 3. The fourth-order valence-corrected chi connectivity index (χ4v) is 0.884. The van der Waals surface area contributed by atoms with Gasteiger partial charge in [-0.15, -0.1) is 0 Å². The highest BCUT2D eigenvalue weighted by molar-refractivity contribution is 14.1. The quantitative estimate of drug-likeness (QED) is 0.389. The summed E-state index contributed by atoms with van der Waals surface area (Å²) < 4.78 is 2.75. The average molecular weight is 326 g/mol. The Kier molecular flexibility index (Phi) is 3.89. The van der Waals surface area contributed by atoms with Crippen molar-refractivity contribution in [2.45, 2.75) is 0 Å². The van der Waals surface area contributed by atoms with Crippen molar-refractivity contribution in [2.75, 3.05) is 0 Å². The van der Waals surface area contributed by atoms with E-state index in [1.807, 2.05) is 0 Å². The molecule has 0 aliphatic rings. The van der Waals surface area contributed by atoms with E-state index in [1.165, 1.54) is 45.2 Å². The van der Waals surface area contributed by atoms with Crippen molar-refractivity contribution in [3.05, 3.63) is 0 Å². The van der Waals surface area contributed by atoms with Crippen LogP contribution in [0.25, 0.3) is 0 Å². The Morgan fingerprint density at radius 2 is 1.43 bits per heavy atom. The van der Waals surface area contributed by atoms with Crippen molar-refractivity contribution < 1.29 is 14.3 Å². The number of rotatable bonds is 0. The molecule has 0 spiro atoms. The molecule has 0 aromatic rings. The molecule has 0 N–H and O–H groups in total. The molecule has 3 nitrogen and oxygen atoms in total. The predicted molar refractivity (Wildman–Crippen MR) is 39.9 cm³/mol. The first-order chi connectivity index (χ1) is 3.13. The third kappa shape index (κ3) is 6.60. The Balaban J connectivity index is 3.32. The zero-order valence-corrected chi connectivity index (χ0v) is 7.30. The van der Waals surface area contributed by atoms with Crippen molar-refractivity contribution in [3.8, 4) is 0 Å². The first-order valence-corrected chi connectivity index (χ1v) is 3.35. The molecule has 0 amide bonds. The van der Waals surface area contributed by atoms with Gasteiger partial charge in [0.15, 0.2) is 0 Å². The maximum absolute atomic E-state index is 9.79. The molecule has 0 aromatic carbocycles. The van der Waals surface area contributed by atoms with Gasteiger partial charge in [0.05, 0.1) is 45.2 Å². The molecule has 5 heteroatoms. The molecule has 0 aliphatic carbocycles. The summed E-state index contributed by atoms with van der Waals surface area (Å²) in [6, 6.07) is 0. The Morgan fingerprint density at radius 3 is 1.43 bits per heavy atom. The summed E-state index contributed by atoms with van der Waals surface area (Å²) in [4.78, 5) is 19.6. The normalized spacial score (nSPS) is 7.71. The van der Waals surface area contributed by atoms with Crippen LogP contribution in [0.2, 0.25) is 0 Å². The average Bonchev–Trinajstić information content (AvgIpc) is 1.27. The van der Waals surface area contributed by atoms with Crippen LogP contribution in [0.15, 0.2) is 0 Å². The van der Waals surface area contributed by atoms with Gasteiger partial charge < -0.3 is 4.74 Å². The first-order valence-electron chi connectivity index (χ1n) is 1.19. The van der Waals surface area contributed by atoms with Crippen LogP contribution in [-0.4, -0.2) is 7.95 Å². The van der Waals surface area contributed by atoms with Gasteiger partial charge in [0.25, 0.3) is 0 Å². The highest BCUT2D eigenvalue weighted by Gasteiger charge is 1.98. The lowest BCUT2D eigenvalue weighted by Crippen LogP contribution is -1.92. The summed E-state index contributed by atoms with van der Waals surface area (Å²) in [6.45, 7) is 0. The number of ether oxygens (including phenoxy) is 1. The fourth-order valence-electron chi connectivity index (χ4n) is 0.0631. The maximum atomic E-state index is 9.79. The summed E-state index contributed by atoms with van der Waals surface area (Å²) in [5.41, 5.74) is 0. The monoisotopic (exact) mass is 326 g/mol. The summed E-state index contributed by atoms with van der Waals surface area (Å²) in [6.07, 6.45) is 0. The minimum Gasteiger partial charge on any atom is -0.378 e. The summed E-state index contributed by atoms with van der Waals surface area (Å²) in [5.74, 6) is 0. The zero-order chi connectivity index (χ0) is 5.86. The minimum absolute atomic E-state index is 0.600. The molecule has 40 valence electrons. The van der Waals surface area contributed by atoms with Gasteiger partial charge in [0.2, 0.25) is 0 Å². The molecule has 0 unspecified atom stereocenters. The van der Waals surface area contributed by atoms with Gasteiger partial charge in [-0.05, 0) is 0 Å². The Bertz CT molecular complexity index is 87.1. The van der Waals surface area contributed by atoms with E-state index >= 15 is 0 Å². The number of carbonyl (C=O) groups excluding carboxylic acids is 2. The Hall–Kier alpha value is 0.600. The second-order valence-corrected chi connectivity index (χ2v) is 2.34. The van der Waals surface area contributed by atoms with E-state index in [-0.39, 0.29) is 0 Å². The van der Waals surface area contributed by atoms with E-state index in [9.17, 15) is 9.59 Å². The van der Waals surface area contributed by atoms with Crippen LogP contribution in [-0.2, 0) is 4.74 Å². The second-order valence-electron chi connectivity index (χ2n) is 0.577. The molecule has 0 saturated carbocycles. The third-order valence-corrected chi connectivity index (χ3v) is 0.601. The lowest BCUT2D eigenvalue weighted by atomic mass is 11.5. The SMILES string of the molecule is O=C(I)OC(=O)I. The van der Waals surface area contributed by atoms with Crippen LogP contribution in [0.5, 0.6) is 0 Å². The molecule has 0 saturated heterocycles. The largest absolute Gasteiger partial charge is 0.378 e. The molecule has 0 fully saturated rings. The van der Waals surface area contributed by atoms with Gasteiger partial charge in [-0.1, -0.05) is 0 Å². The van der Waals surface area contributed by atoms with Crippen molar-refractivity contribution in [1.82, 2.24) is 0 Å². The maximum Gasteiger partial charge on any atom is 0.375 e. The smallest absolute Gasteiger partial charge is 0.375 e. The minimum atomic E-state index is -0.600. The standard InChI is InChI=1S/C2I2O3/c3-1(5)7-2(4)6. The summed E-state index contributed by atoms with van der Waals surface area (Å²) >= 11 is 2.74. The summed E-state index contributed by atoms with van der Waals surface area (Å²) in [7, 11) is 0. The van der Waals surface area contributed by atoms with Gasteiger partial charge >= 0.3 is 7.95 Å². The topological polar surface area (TPSA) is 43.4 Å². The number of hydrogen-bond donors (Lipinski definition) is 0. The highest BCUT2D eigenvalue weighted by Crippen LogP contribution is 1.97. The van der Waals surface area contributed by atoms with E-state index in [2.05, 4.69) is 4.74 Å². The molecular weight excluding hydrogens is 326 g/mol. The molecule has 0 rings (SSSR count). The molecule has 0 aliphatic heterocycles. The highest BCUT2D eigenvalue weighted by atomic mass is 127. The molecular formula is C2I2O3. The van der Waals surface area contributed by atoms with E-state index in [4.69, 9.17) is 0 Å². The molecule has 0 atom stereocenters. The van der Waals surface area contributed by atoms with Crippen molar-refractivity contribution in [3.63, 3.8) is 0 Å². The molecule has 0 heterocycles. The predicted octanol–water partition coefficient (Wildman–Crippen LogP) is 2.11. The molecule has 0 radical (unpaired) electrons. The van der Waals surface area contributed by atoms with E-state index in [0.29, 0.717) is 0 Å². The third-order valence-electron chi connectivity index (χ3n) is 0.160. The van der Waals surface area contributed by atoms with Crippen LogP contribution in [0.4, 0.5) is 9.59 Å². The Labute approximate surface area is 67.1 Å².